The third kappa shape index (κ3) is 2.71. The van der Waals surface area contributed by atoms with Crippen LogP contribution in [-0.4, -0.2) is 29.1 Å². The molecule has 4 nitrogen and oxygen atoms in total. The van der Waals surface area contributed by atoms with E-state index in [-0.39, 0.29) is 24.2 Å². The van der Waals surface area contributed by atoms with Crippen LogP contribution in [0.25, 0.3) is 0 Å². The van der Waals surface area contributed by atoms with Gasteiger partial charge in [0, 0.05) is 0 Å². The van der Waals surface area contributed by atoms with E-state index in [2.05, 4.69) is 5.32 Å². The summed E-state index contributed by atoms with van der Waals surface area (Å²) in [7, 11) is 0. The zero-order chi connectivity index (χ0) is 11.7. The van der Waals surface area contributed by atoms with Gasteiger partial charge in [-0.3, -0.25) is 4.79 Å². The molecule has 0 spiro atoms. The van der Waals surface area contributed by atoms with Gasteiger partial charge in [-0.25, -0.2) is 0 Å². The number of rotatable bonds is 4. The Morgan fingerprint density at radius 2 is 2.12 bits per heavy atom. The zero-order valence-electron chi connectivity index (χ0n) is 9.44. The van der Waals surface area contributed by atoms with E-state index in [0.717, 1.165) is 25.7 Å². The molecule has 3 unspecified atom stereocenters. The molecular formula is C11H18N2O2S. The first-order valence-corrected chi connectivity index (χ1v) is 6.24. The predicted octanol–water partition coefficient (Wildman–Crippen LogP) is 0.735. The standard InChI is InChI=1S/C11H18N2O2S/c1-6-2-5-8(15-6)11(14)13-9(10(12)16)7-3-4-7/h6-9H,2-5H2,1H3,(H2,12,16)(H,13,14). The van der Waals surface area contributed by atoms with Crippen LogP contribution in [0.4, 0.5) is 0 Å². The van der Waals surface area contributed by atoms with Gasteiger partial charge in [0.1, 0.15) is 6.10 Å². The summed E-state index contributed by atoms with van der Waals surface area (Å²) >= 11 is 4.97. The predicted molar refractivity (Wildman–Crippen MR) is 65.0 cm³/mol. The minimum Gasteiger partial charge on any atom is -0.392 e. The fraction of sp³-hybridized carbons (Fsp3) is 0.818. The van der Waals surface area contributed by atoms with Crippen molar-refractivity contribution in [2.24, 2.45) is 11.7 Å². The van der Waals surface area contributed by atoms with Crippen LogP contribution in [0.15, 0.2) is 0 Å². The lowest BCUT2D eigenvalue weighted by Gasteiger charge is -2.19. The van der Waals surface area contributed by atoms with E-state index in [9.17, 15) is 4.79 Å². The first-order valence-electron chi connectivity index (χ1n) is 5.83. The maximum absolute atomic E-state index is 11.9. The van der Waals surface area contributed by atoms with Gasteiger partial charge in [0.25, 0.3) is 0 Å². The Morgan fingerprint density at radius 1 is 1.44 bits per heavy atom. The van der Waals surface area contributed by atoms with Crippen molar-refractivity contribution in [2.45, 2.75) is 50.9 Å². The van der Waals surface area contributed by atoms with Gasteiger partial charge in [-0.2, -0.15) is 0 Å². The summed E-state index contributed by atoms with van der Waals surface area (Å²) in [5.74, 6) is 0.384. The third-order valence-corrected chi connectivity index (χ3v) is 3.48. The van der Waals surface area contributed by atoms with E-state index in [1.807, 2.05) is 6.92 Å². The van der Waals surface area contributed by atoms with Crippen LogP contribution >= 0.6 is 12.2 Å². The summed E-state index contributed by atoms with van der Waals surface area (Å²) in [6, 6.07) is -0.137. The number of ether oxygens (including phenoxy) is 1. The average molecular weight is 242 g/mol. The van der Waals surface area contributed by atoms with Crippen LogP contribution in [0.1, 0.15) is 32.6 Å². The van der Waals surface area contributed by atoms with E-state index in [4.69, 9.17) is 22.7 Å². The zero-order valence-corrected chi connectivity index (χ0v) is 10.3. The monoisotopic (exact) mass is 242 g/mol. The molecule has 1 heterocycles. The van der Waals surface area contributed by atoms with Gasteiger partial charge in [0.15, 0.2) is 0 Å². The number of hydrogen-bond donors (Lipinski definition) is 2. The quantitative estimate of drug-likeness (QED) is 0.714. The highest BCUT2D eigenvalue weighted by molar-refractivity contribution is 7.80. The van der Waals surface area contributed by atoms with Crippen LogP contribution in [0, 0.1) is 5.92 Å². The fourth-order valence-electron chi connectivity index (χ4n) is 2.09. The van der Waals surface area contributed by atoms with Gasteiger partial charge in [-0.05, 0) is 38.5 Å². The van der Waals surface area contributed by atoms with Crippen molar-refractivity contribution in [1.29, 1.82) is 0 Å². The smallest absolute Gasteiger partial charge is 0.249 e. The Labute approximate surface area is 101 Å². The molecule has 3 N–H and O–H groups in total. The normalized spacial score (nSPS) is 31.1. The molecule has 0 bridgehead atoms. The van der Waals surface area contributed by atoms with Crippen molar-refractivity contribution in [3.63, 3.8) is 0 Å². The second kappa shape index (κ2) is 4.67. The van der Waals surface area contributed by atoms with E-state index in [1.54, 1.807) is 0 Å². The molecule has 1 saturated carbocycles. The molecule has 2 rings (SSSR count). The van der Waals surface area contributed by atoms with Crippen molar-refractivity contribution in [2.75, 3.05) is 0 Å². The number of carbonyl (C=O) groups is 1. The molecule has 0 radical (unpaired) electrons. The summed E-state index contributed by atoms with van der Waals surface area (Å²) in [6.45, 7) is 1.99. The molecule has 1 saturated heterocycles. The molecule has 1 aliphatic carbocycles. The lowest BCUT2D eigenvalue weighted by atomic mass is 10.1. The lowest BCUT2D eigenvalue weighted by Crippen LogP contribution is -2.48. The first-order chi connectivity index (χ1) is 7.58. The van der Waals surface area contributed by atoms with Gasteiger partial charge >= 0.3 is 0 Å². The molecule has 2 aliphatic rings. The highest BCUT2D eigenvalue weighted by atomic mass is 32.1. The van der Waals surface area contributed by atoms with E-state index < -0.39 is 0 Å². The van der Waals surface area contributed by atoms with Crippen LogP contribution in [0.2, 0.25) is 0 Å². The number of thiocarbonyl (C=S) groups is 1. The third-order valence-electron chi connectivity index (χ3n) is 3.22. The second-order valence-corrected chi connectivity index (χ2v) is 5.21. The summed E-state index contributed by atoms with van der Waals surface area (Å²) < 4.78 is 5.51. The summed E-state index contributed by atoms with van der Waals surface area (Å²) in [5.41, 5.74) is 5.63. The highest BCUT2D eigenvalue weighted by Gasteiger charge is 2.36. The molecule has 1 aliphatic heterocycles. The molecule has 0 aromatic heterocycles. The Kier molecular flexibility index (Phi) is 3.44. The van der Waals surface area contributed by atoms with Crippen molar-refractivity contribution < 1.29 is 9.53 Å². The SMILES string of the molecule is CC1CCC(C(=O)NC(C(N)=S)C2CC2)O1. The molecular weight excluding hydrogens is 224 g/mol. The summed E-state index contributed by atoms with van der Waals surface area (Å²) in [5, 5.41) is 2.91. The van der Waals surface area contributed by atoms with Crippen molar-refractivity contribution in [1.82, 2.24) is 5.32 Å². The average Bonchev–Trinajstić information content (AvgIpc) is 2.96. The van der Waals surface area contributed by atoms with Crippen LogP contribution in [0.5, 0.6) is 0 Å². The maximum Gasteiger partial charge on any atom is 0.249 e. The minimum absolute atomic E-state index is 0.0611. The largest absolute Gasteiger partial charge is 0.392 e. The summed E-state index contributed by atoms with van der Waals surface area (Å²) in [4.78, 5) is 12.3. The van der Waals surface area contributed by atoms with Crippen molar-refractivity contribution >= 4 is 23.1 Å². The van der Waals surface area contributed by atoms with Gasteiger partial charge in [-0.1, -0.05) is 12.2 Å². The second-order valence-electron chi connectivity index (χ2n) is 4.74. The van der Waals surface area contributed by atoms with E-state index in [0.29, 0.717) is 10.9 Å². The van der Waals surface area contributed by atoms with Gasteiger partial charge < -0.3 is 15.8 Å². The minimum atomic E-state index is -0.314. The molecule has 2 fully saturated rings. The molecule has 0 aromatic rings. The number of amides is 1. The van der Waals surface area contributed by atoms with Gasteiger partial charge in [0.05, 0.1) is 17.1 Å². The van der Waals surface area contributed by atoms with Gasteiger partial charge in [-0.15, -0.1) is 0 Å². The molecule has 90 valence electrons. The lowest BCUT2D eigenvalue weighted by molar-refractivity contribution is -0.132. The number of nitrogens with two attached hydrogens (primary N) is 1. The number of carbonyl (C=O) groups excluding carboxylic acids is 1. The van der Waals surface area contributed by atoms with E-state index in [1.165, 1.54) is 0 Å². The van der Waals surface area contributed by atoms with Crippen molar-refractivity contribution in [3.05, 3.63) is 0 Å². The molecule has 1 amide bonds. The first kappa shape index (κ1) is 11.8. The highest BCUT2D eigenvalue weighted by Crippen LogP contribution is 2.33. The Balaban J connectivity index is 1.87. The molecule has 5 heteroatoms. The molecule has 3 atom stereocenters. The van der Waals surface area contributed by atoms with Crippen molar-refractivity contribution in [3.8, 4) is 0 Å². The van der Waals surface area contributed by atoms with Crippen LogP contribution < -0.4 is 11.1 Å². The summed E-state index contributed by atoms with van der Waals surface area (Å²) in [6.07, 6.45) is 3.81. The Bertz CT molecular complexity index is 304. The molecule has 0 aromatic carbocycles. The van der Waals surface area contributed by atoms with Crippen LogP contribution in [-0.2, 0) is 9.53 Å². The number of nitrogens with one attached hydrogen (secondary N) is 1. The van der Waals surface area contributed by atoms with E-state index >= 15 is 0 Å². The van der Waals surface area contributed by atoms with Gasteiger partial charge in [0.2, 0.25) is 5.91 Å². The topological polar surface area (TPSA) is 64.4 Å². The Morgan fingerprint density at radius 3 is 2.56 bits per heavy atom. The number of hydrogen-bond acceptors (Lipinski definition) is 3. The fourth-order valence-corrected chi connectivity index (χ4v) is 2.34. The Hall–Kier alpha value is -0.680. The molecule has 16 heavy (non-hydrogen) atoms. The van der Waals surface area contributed by atoms with Crippen LogP contribution in [0.3, 0.4) is 0 Å². The maximum atomic E-state index is 11.9.